The van der Waals surface area contributed by atoms with Gasteiger partial charge >= 0.3 is 0 Å². The Hall–Kier alpha value is -1.13. The molecular formula is C10H13N3S. The second kappa shape index (κ2) is 3.94. The molecule has 0 radical (unpaired) electrons. The van der Waals surface area contributed by atoms with Gasteiger partial charge in [0, 0.05) is 22.5 Å². The van der Waals surface area contributed by atoms with E-state index in [4.69, 9.17) is 5.73 Å². The Bertz CT molecular complexity index is 416. The molecule has 0 bridgehead atoms. The molecule has 0 unspecified atom stereocenters. The van der Waals surface area contributed by atoms with E-state index in [1.54, 1.807) is 0 Å². The Kier molecular flexibility index (Phi) is 2.65. The maximum atomic E-state index is 5.49. The summed E-state index contributed by atoms with van der Waals surface area (Å²) in [4.78, 5) is 6.88. The predicted molar refractivity (Wildman–Crippen MR) is 58.3 cm³/mol. The van der Waals surface area contributed by atoms with Crippen LogP contribution in [-0.2, 0) is 13.1 Å². The number of thiophene rings is 1. The summed E-state index contributed by atoms with van der Waals surface area (Å²) < 4.78 is 2.06. The molecule has 4 heteroatoms. The second-order valence-corrected chi connectivity index (χ2v) is 4.63. The van der Waals surface area contributed by atoms with Crippen LogP contribution in [0.5, 0.6) is 0 Å². The molecule has 2 rings (SSSR count). The van der Waals surface area contributed by atoms with Crippen molar-refractivity contribution in [2.24, 2.45) is 5.73 Å². The van der Waals surface area contributed by atoms with Gasteiger partial charge in [0.05, 0.1) is 18.6 Å². The minimum Gasteiger partial charge on any atom is -0.332 e. The molecule has 0 spiro atoms. The zero-order chi connectivity index (χ0) is 9.97. The fourth-order valence-electron chi connectivity index (χ4n) is 1.35. The van der Waals surface area contributed by atoms with E-state index in [0.29, 0.717) is 6.54 Å². The fourth-order valence-corrected chi connectivity index (χ4v) is 2.25. The van der Waals surface area contributed by atoms with Crippen LogP contribution < -0.4 is 5.73 Å². The zero-order valence-corrected chi connectivity index (χ0v) is 8.92. The van der Waals surface area contributed by atoms with Gasteiger partial charge in [0.2, 0.25) is 0 Å². The van der Waals surface area contributed by atoms with Gasteiger partial charge in [0.1, 0.15) is 0 Å². The van der Waals surface area contributed by atoms with E-state index in [0.717, 1.165) is 12.2 Å². The molecule has 0 aliphatic carbocycles. The van der Waals surface area contributed by atoms with Crippen molar-refractivity contribution in [2.45, 2.75) is 20.0 Å². The lowest BCUT2D eigenvalue weighted by Gasteiger charge is -1.97. The van der Waals surface area contributed by atoms with Gasteiger partial charge in [0.15, 0.2) is 0 Å². The molecule has 0 atom stereocenters. The number of nitrogens with two attached hydrogens (primary N) is 1. The highest BCUT2D eigenvalue weighted by Gasteiger charge is 1.99. The van der Waals surface area contributed by atoms with Crippen LogP contribution in [0.2, 0.25) is 0 Å². The lowest BCUT2D eigenvalue weighted by Crippen LogP contribution is -1.96. The van der Waals surface area contributed by atoms with Gasteiger partial charge in [-0.3, -0.25) is 0 Å². The molecular weight excluding hydrogens is 194 g/mol. The Labute approximate surface area is 87.2 Å². The van der Waals surface area contributed by atoms with Gasteiger partial charge in [-0.15, -0.1) is 11.3 Å². The van der Waals surface area contributed by atoms with Crippen LogP contribution in [0.1, 0.15) is 15.4 Å². The average molecular weight is 207 g/mol. The van der Waals surface area contributed by atoms with Gasteiger partial charge in [0.25, 0.3) is 0 Å². The molecule has 14 heavy (non-hydrogen) atoms. The highest BCUT2D eigenvalue weighted by molar-refractivity contribution is 7.11. The monoisotopic (exact) mass is 207 g/mol. The molecule has 0 aliphatic rings. The number of hydrogen-bond acceptors (Lipinski definition) is 3. The van der Waals surface area contributed by atoms with E-state index >= 15 is 0 Å². The van der Waals surface area contributed by atoms with Gasteiger partial charge in [-0.1, -0.05) is 0 Å². The third kappa shape index (κ3) is 2.02. The van der Waals surface area contributed by atoms with E-state index in [1.807, 2.05) is 23.9 Å². The van der Waals surface area contributed by atoms with Crippen molar-refractivity contribution in [3.8, 4) is 0 Å². The molecule has 2 N–H and O–H groups in total. The van der Waals surface area contributed by atoms with Crippen LogP contribution in [0.3, 0.4) is 0 Å². The fraction of sp³-hybridized carbons (Fsp3) is 0.300. The Morgan fingerprint density at radius 2 is 2.36 bits per heavy atom. The molecule has 0 aromatic carbocycles. The first-order chi connectivity index (χ1) is 6.78. The van der Waals surface area contributed by atoms with Crippen LogP contribution in [0.4, 0.5) is 0 Å². The molecule has 0 aliphatic heterocycles. The SMILES string of the molecule is Cc1ccc(Cn2cnc(CN)c2)s1. The van der Waals surface area contributed by atoms with Crippen molar-refractivity contribution in [1.29, 1.82) is 0 Å². The number of aromatic nitrogens is 2. The van der Waals surface area contributed by atoms with Crippen molar-refractivity contribution in [2.75, 3.05) is 0 Å². The van der Waals surface area contributed by atoms with Crippen molar-refractivity contribution in [3.05, 3.63) is 40.1 Å². The van der Waals surface area contributed by atoms with Gasteiger partial charge in [-0.2, -0.15) is 0 Å². The number of aryl methyl sites for hydroxylation is 1. The third-order valence-electron chi connectivity index (χ3n) is 2.03. The Balaban J connectivity index is 2.10. The van der Waals surface area contributed by atoms with Gasteiger partial charge in [-0.25, -0.2) is 4.98 Å². The predicted octanol–water partition coefficient (Wildman–Crippen LogP) is 1.76. The molecule has 0 amide bonds. The van der Waals surface area contributed by atoms with Crippen LogP contribution in [0.25, 0.3) is 0 Å². The summed E-state index contributed by atoms with van der Waals surface area (Å²) in [5, 5.41) is 0. The van der Waals surface area contributed by atoms with Crippen LogP contribution in [0.15, 0.2) is 24.7 Å². The minimum absolute atomic E-state index is 0.510. The zero-order valence-electron chi connectivity index (χ0n) is 8.10. The molecule has 3 nitrogen and oxygen atoms in total. The highest BCUT2D eigenvalue weighted by atomic mass is 32.1. The first-order valence-corrected chi connectivity index (χ1v) is 5.35. The molecule has 0 saturated carbocycles. The molecule has 0 saturated heterocycles. The lowest BCUT2D eigenvalue weighted by molar-refractivity contribution is 0.808. The third-order valence-corrected chi connectivity index (χ3v) is 3.02. The quantitative estimate of drug-likeness (QED) is 0.833. The van der Waals surface area contributed by atoms with Gasteiger partial charge < -0.3 is 10.3 Å². The van der Waals surface area contributed by atoms with Crippen molar-refractivity contribution >= 4 is 11.3 Å². The minimum atomic E-state index is 0.510. The maximum Gasteiger partial charge on any atom is 0.0953 e. The van der Waals surface area contributed by atoms with Crippen molar-refractivity contribution in [3.63, 3.8) is 0 Å². The molecule has 2 heterocycles. The second-order valence-electron chi connectivity index (χ2n) is 3.25. The molecule has 2 aromatic heterocycles. The first kappa shape index (κ1) is 9.43. The Morgan fingerprint density at radius 3 is 2.93 bits per heavy atom. The van der Waals surface area contributed by atoms with Crippen molar-refractivity contribution < 1.29 is 0 Å². The molecule has 74 valence electrons. The largest absolute Gasteiger partial charge is 0.332 e. The smallest absolute Gasteiger partial charge is 0.0953 e. The van der Waals surface area contributed by atoms with Crippen LogP contribution in [0, 0.1) is 6.92 Å². The first-order valence-electron chi connectivity index (χ1n) is 4.54. The summed E-state index contributed by atoms with van der Waals surface area (Å²) in [5.41, 5.74) is 6.43. The average Bonchev–Trinajstić information content (AvgIpc) is 2.76. The van der Waals surface area contributed by atoms with E-state index in [9.17, 15) is 0 Å². The molecule has 2 aromatic rings. The van der Waals surface area contributed by atoms with Gasteiger partial charge in [-0.05, 0) is 19.1 Å². The molecule has 0 fully saturated rings. The maximum absolute atomic E-state index is 5.49. The van der Waals surface area contributed by atoms with E-state index in [-0.39, 0.29) is 0 Å². The summed E-state index contributed by atoms with van der Waals surface area (Å²) in [7, 11) is 0. The summed E-state index contributed by atoms with van der Waals surface area (Å²) in [6, 6.07) is 4.29. The lowest BCUT2D eigenvalue weighted by atomic mass is 10.4. The summed E-state index contributed by atoms with van der Waals surface area (Å²) >= 11 is 1.82. The number of imidazole rings is 1. The summed E-state index contributed by atoms with van der Waals surface area (Å²) in [6.07, 6.45) is 3.83. The Morgan fingerprint density at radius 1 is 1.50 bits per heavy atom. The standard InChI is InChI=1S/C10H13N3S/c1-8-2-3-10(14-8)6-13-5-9(4-11)12-7-13/h2-3,5,7H,4,6,11H2,1H3. The number of rotatable bonds is 3. The summed E-state index contributed by atoms with van der Waals surface area (Å²) in [5.74, 6) is 0. The number of nitrogens with zero attached hydrogens (tertiary/aromatic N) is 2. The topological polar surface area (TPSA) is 43.8 Å². The van der Waals surface area contributed by atoms with Crippen LogP contribution in [-0.4, -0.2) is 9.55 Å². The highest BCUT2D eigenvalue weighted by Crippen LogP contribution is 2.16. The van der Waals surface area contributed by atoms with Crippen LogP contribution >= 0.6 is 11.3 Å². The van der Waals surface area contributed by atoms with E-state index in [2.05, 4.69) is 28.6 Å². The van der Waals surface area contributed by atoms with E-state index in [1.165, 1.54) is 9.75 Å². The van der Waals surface area contributed by atoms with Crippen molar-refractivity contribution in [1.82, 2.24) is 9.55 Å². The normalized spacial score (nSPS) is 10.7. The van der Waals surface area contributed by atoms with E-state index < -0.39 is 0 Å². The number of hydrogen-bond donors (Lipinski definition) is 1. The summed E-state index contributed by atoms with van der Waals surface area (Å²) in [6.45, 7) is 3.52.